The number of fused-ring (bicyclic) bond motifs is 1. The summed E-state index contributed by atoms with van der Waals surface area (Å²) in [5.74, 6) is -0.293. The highest BCUT2D eigenvalue weighted by atomic mass is 16.2. The van der Waals surface area contributed by atoms with E-state index in [1.807, 2.05) is 36.4 Å². The van der Waals surface area contributed by atoms with Crippen LogP contribution >= 0.6 is 0 Å². The third-order valence-corrected chi connectivity index (χ3v) is 3.66. The van der Waals surface area contributed by atoms with Crippen molar-refractivity contribution in [1.29, 1.82) is 0 Å². The van der Waals surface area contributed by atoms with Crippen molar-refractivity contribution in [2.75, 3.05) is 6.54 Å². The molecule has 0 fully saturated rings. The normalized spacial score (nSPS) is 10.7. The molecule has 116 valence electrons. The Morgan fingerprint density at radius 1 is 1.17 bits per heavy atom. The Morgan fingerprint density at radius 2 is 2.00 bits per heavy atom. The highest BCUT2D eigenvalue weighted by molar-refractivity contribution is 5.99. The van der Waals surface area contributed by atoms with Crippen LogP contribution in [0.25, 0.3) is 10.9 Å². The third kappa shape index (κ3) is 3.45. The second-order valence-corrected chi connectivity index (χ2v) is 5.36. The molecule has 0 bridgehead atoms. The number of benzene rings is 1. The average molecular weight is 307 g/mol. The molecule has 1 aromatic carbocycles. The summed E-state index contributed by atoms with van der Waals surface area (Å²) in [5.41, 5.74) is 2.78. The number of amides is 1. The predicted octanol–water partition coefficient (Wildman–Crippen LogP) is 2.74. The van der Waals surface area contributed by atoms with Crippen molar-refractivity contribution in [2.24, 2.45) is 0 Å². The molecule has 0 saturated heterocycles. The van der Waals surface area contributed by atoms with Gasteiger partial charge in [0.1, 0.15) is 5.69 Å². The second kappa shape index (κ2) is 6.44. The summed E-state index contributed by atoms with van der Waals surface area (Å²) in [5, 5.41) is 3.93. The van der Waals surface area contributed by atoms with Gasteiger partial charge in [0, 0.05) is 35.8 Å². The van der Waals surface area contributed by atoms with Crippen molar-refractivity contribution in [3.63, 3.8) is 0 Å². The van der Waals surface area contributed by atoms with E-state index in [1.165, 1.54) is 6.92 Å². The van der Waals surface area contributed by atoms with Gasteiger partial charge in [0.05, 0.1) is 5.52 Å². The van der Waals surface area contributed by atoms with E-state index in [4.69, 9.17) is 0 Å². The van der Waals surface area contributed by atoms with Gasteiger partial charge >= 0.3 is 0 Å². The number of ketones is 1. The number of nitrogens with one attached hydrogen (secondary N) is 2. The minimum absolute atomic E-state index is 0.0688. The minimum Gasteiger partial charge on any atom is -0.356 e. The zero-order valence-electron chi connectivity index (χ0n) is 12.8. The molecule has 2 N–H and O–H groups in total. The number of rotatable bonds is 5. The van der Waals surface area contributed by atoms with Crippen LogP contribution in [0.15, 0.2) is 48.7 Å². The molecule has 0 aliphatic rings. The molecule has 0 atom stereocenters. The maximum Gasteiger partial charge on any atom is 0.267 e. The number of pyridine rings is 1. The summed E-state index contributed by atoms with van der Waals surface area (Å²) in [6.45, 7) is 1.95. The number of carbonyl (C=O) groups excluding carboxylic acids is 2. The summed E-state index contributed by atoms with van der Waals surface area (Å²) in [6.07, 6.45) is 2.19. The Kier molecular flexibility index (Phi) is 4.19. The molecule has 2 heterocycles. The molecule has 5 heteroatoms. The number of aromatic amines is 1. The van der Waals surface area contributed by atoms with Gasteiger partial charge in [0.2, 0.25) is 0 Å². The fourth-order valence-corrected chi connectivity index (χ4v) is 2.38. The maximum absolute atomic E-state index is 12.0. The van der Waals surface area contributed by atoms with Crippen molar-refractivity contribution >= 4 is 22.6 Å². The van der Waals surface area contributed by atoms with Crippen LogP contribution < -0.4 is 5.32 Å². The monoisotopic (exact) mass is 307 g/mol. The van der Waals surface area contributed by atoms with Crippen LogP contribution in [-0.4, -0.2) is 28.2 Å². The molecular weight excluding hydrogens is 290 g/mol. The number of carbonyl (C=O) groups is 2. The van der Waals surface area contributed by atoms with E-state index >= 15 is 0 Å². The molecule has 3 aromatic rings. The summed E-state index contributed by atoms with van der Waals surface area (Å²) in [4.78, 5) is 30.6. The first kappa shape index (κ1) is 15.0. The predicted molar refractivity (Wildman–Crippen MR) is 88.6 cm³/mol. The van der Waals surface area contributed by atoms with Gasteiger partial charge in [-0.05, 0) is 25.1 Å². The lowest BCUT2D eigenvalue weighted by Gasteiger charge is -2.05. The fourth-order valence-electron chi connectivity index (χ4n) is 2.38. The Hall–Kier alpha value is -2.95. The van der Waals surface area contributed by atoms with Crippen LogP contribution in [0.4, 0.5) is 0 Å². The molecule has 1 amide bonds. The number of hydrogen-bond donors (Lipinski definition) is 2. The zero-order chi connectivity index (χ0) is 16.2. The molecule has 5 nitrogen and oxygen atoms in total. The van der Waals surface area contributed by atoms with E-state index in [9.17, 15) is 9.59 Å². The molecule has 0 aliphatic carbocycles. The van der Waals surface area contributed by atoms with E-state index in [1.54, 1.807) is 12.3 Å². The summed E-state index contributed by atoms with van der Waals surface area (Å²) in [7, 11) is 0. The first-order chi connectivity index (χ1) is 11.1. The van der Waals surface area contributed by atoms with Crippen LogP contribution in [0.2, 0.25) is 0 Å². The number of hydrogen-bond acceptors (Lipinski definition) is 3. The lowest BCUT2D eigenvalue weighted by Crippen LogP contribution is -2.26. The van der Waals surface area contributed by atoms with Crippen molar-refractivity contribution in [3.05, 3.63) is 65.6 Å². The maximum atomic E-state index is 12.0. The van der Waals surface area contributed by atoms with Crippen LogP contribution in [0.5, 0.6) is 0 Å². The van der Waals surface area contributed by atoms with Gasteiger partial charge in [-0.3, -0.25) is 14.6 Å². The lowest BCUT2D eigenvalue weighted by atomic mass is 10.2. The first-order valence-electron chi connectivity index (χ1n) is 7.46. The second-order valence-electron chi connectivity index (χ2n) is 5.36. The molecule has 0 spiro atoms. The van der Waals surface area contributed by atoms with Crippen LogP contribution in [0.3, 0.4) is 0 Å². The van der Waals surface area contributed by atoms with E-state index in [2.05, 4.69) is 15.3 Å². The Balaban J connectivity index is 1.59. The van der Waals surface area contributed by atoms with E-state index in [0.29, 0.717) is 24.2 Å². The van der Waals surface area contributed by atoms with E-state index in [-0.39, 0.29) is 11.7 Å². The van der Waals surface area contributed by atoms with E-state index in [0.717, 1.165) is 16.6 Å². The molecule has 0 radical (unpaired) electrons. The van der Waals surface area contributed by atoms with Gasteiger partial charge in [0.25, 0.3) is 5.91 Å². The molecular formula is C18H17N3O2. The largest absolute Gasteiger partial charge is 0.356 e. The summed E-state index contributed by atoms with van der Waals surface area (Å²) >= 11 is 0. The molecule has 0 aliphatic heterocycles. The summed E-state index contributed by atoms with van der Waals surface area (Å²) < 4.78 is 0. The van der Waals surface area contributed by atoms with Crippen molar-refractivity contribution in [2.45, 2.75) is 13.3 Å². The van der Waals surface area contributed by atoms with Gasteiger partial charge in [-0.2, -0.15) is 0 Å². The lowest BCUT2D eigenvalue weighted by molar-refractivity contribution is 0.0949. The Bertz CT molecular complexity index is 867. The topological polar surface area (TPSA) is 74.8 Å². The molecule has 0 saturated carbocycles. The highest BCUT2D eigenvalue weighted by Gasteiger charge is 2.10. The SMILES string of the molecule is CC(=O)c1c[nH]c(C(=O)NCCc2ccc3ccccc3n2)c1. The molecule has 0 unspecified atom stereocenters. The van der Waals surface area contributed by atoms with Gasteiger partial charge in [0.15, 0.2) is 5.78 Å². The van der Waals surface area contributed by atoms with Crippen LogP contribution in [0, 0.1) is 0 Å². The number of nitrogens with zero attached hydrogens (tertiary/aromatic N) is 1. The molecule has 2 aromatic heterocycles. The highest BCUT2D eigenvalue weighted by Crippen LogP contribution is 2.12. The fraction of sp³-hybridized carbons (Fsp3) is 0.167. The van der Waals surface area contributed by atoms with Crippen molar-refractivity contribution < 1.29 is 9.59 Å². The molecule has 23 heavy (non-hydrogen) atoms. The van der Waals surface area contributed by atoms with Crippen molar-refractivity contribution in [3.8, 4) is 0 Å². The van der Waals surface area contributed by atoms with Crippen molar-refractivity contribution in [1.82, 2.24) is 15.3 Å². The average Bonchev–Trinajstić information content (AvgIpc) is 3.05. The standard InChI is InChI=1S/C18H17N3O2/c1-12(22)14-10-17(20-11-14)18(23)19-9-8-15-7-6-13-4-2-3-5-16(13)21-15/h2-7,10-11,20H,8-9H2,1H3,(H,19,23). The number of H-pyrrole nitrogens is 1. The van der Waals surface area contributed by atoms with Gasteiger partial charge in [-0.1, -0.05) is 24.3 Å². The van der Waals surface area contributed by atoms with Crippen LogP contribution in [-0.2, 0) is 6.42 Å². The Labute approximate surface area is 133 Å². The first-order valence-corrected chi connectivity index (χ1v) is 7.46. The Morgan fingerprint density at radius 3 is 2.78 bits per heavy atom. The quantitative estimate of drug-likeness (QED) is 0.712. The van der Waals surface area contributed by atoms with Gasteiger partial charge < -0.3 is 10.3 Å². The third-order valence-electron chi connectivity index (χ3n) is 3.66. The van der Waals surface area contributed by atoms with Crippen LogP contribution in [0.1, 0.15) is 33.5 Å². The smallest absolute Gasteiger partial charge is 0.267 e. The zero-order valence-corrected chi connectivity index (χ0v) is 12.8. The minimum atomic E-state index is -0.224. The van der Waals surface area contributed by atoms with E-state index < -0.39 is 0 Å². The van der Waals surface area contributed by atoms with Gasteiger partial charge in [-0.15, -0.1) is 0 Å². The molecule has 3 rings (SSSR count). The summed E-state index contributed by atoms with van der Waals surface area (Å²) in [6, 6.07) is 13.5. The number of aromatic nitrogens is 2. The van der Waals surface area contributed by atoms with Gasteiger partial charge in [-0.25, -0.2) is 0 Å². The number of para-hydroxylation sites is 1. The number of Topliss-reactive ketones (excluding diaryl/α,β-unsaturated/α-hetero) is 1.